The lowest BCUT2D eigenvalue weighted by molar-refractivity contribution is -0.128. The van der Waals surface area contributed by atoms with Gasteiger partial charge in [0.1, 0.15) is 9.84 Å². The van der Waals surface area contributed by atoms with Gasteiger partial charge in [0.25, 0.3) is 0 Å². The van der Waals surface area contributed by atoms with Gasteiger partial charge in [0.05, 0.1) is 11.5 Å². The number of nitrogens with zero attached hydrogens (tertiary/aromatic N) is 1. The molecule has 2 N–H and O–H groups in total. The summed E-state index contributed by atoms with van der Waals surface area (Å²) in [7, 11) is 0.300. The van der Waals surface area contributed by atoms with Crippen LogP contribution in [0.15, 0.2) is 0 Å². The van der Waals surface area contributed by atoms with Crippen molar-refractivity contribution in [2.75, 3.05) is 32.1 Å². The summed E-state index contributed by atoms with van der Waals surface area (Å²) in [4.78, 5) is 12.6. The summed E-state index contributed by atoms with van der Waals surface area (Å²) in [5, 5.41) is 0. The second kappa shape index (κ2) is 6.79. The number of carbonyl (C=O) groups is 1. The van der Waals surface area contributed by atoms with Crippen LogP contribution in [0.5, 0.6) is 0 Å². The summed E-state index contributed by atoms with van der Waals surface area (Å²) >= 11 is 0. The fourth-order valence-electron chi connectivity index (χ4n) is 1.07. The Balaban J connectivity index is 3.80. The Morgan fingerprint density at radius 2 is 1.73 bits per heavy atom. The minimum atomic E-state index is -3.02. The molecule has 0 aromatic heterocycles. The number of nitrogens with two attached hydrogens (primary N) is 1. The van der Waals surface area contributed by atoms with Crippen LogP contribution in [-0.4, -0.2) is 51.4 Å². The van der Waals surface area contributed by atoms with Crippen LogP contribution < -0.4 is 5.73 Å². The van der Waals surface area contributed by atoms with E-state index in [2.05, 4.69) is 0 Å². The van der Waals surface area contributed by atoms with Gasteiger partial charge in [0.15, 0.2) is 0 Å². The standard InChI is InChI=1S/C9H20N2O3S/c1-11(2)9(12)5-3-7-15(13,14)8-4-6-10/h3-8,10H2,1-2H3. The van der Waals surface area contributed by atoms with E-state index in [0.29, 0.717) is 19.4 Å². The number of carbonyl (C=O) groups excluding carboxylic acids is 1. The van der Waals surface area contributed by atoms with E-state index in [1.807, 2.05) is 0 Å². The largest absolute Gasteiger partial charge is 0.349 e. The Bertz CT molecular complexity index is 286. The van der Waals surface area contributed by atoms with Gasteiger partial charge in [-0.2, -0.15) is 0 Å². The maximum atomic E-state index is 11.4. The predicted octanol–water partition coefficient (Wildman–Crippen LogP) is -0.382. The van der Waals surface area contributed by atoms with E-state index in [4.69, 9.17) is 5.73 Å². The monoisotopic (exact) mass is 236 g/mol. The van der Waals surface area contributed by atoms with Crippen molar-refractivity contribution in [3.05, 3.63) is 0 Å². The lowest BCUT2D eigenvalue weighted by Gasteiger charge is -2.09. The SMILES string of the molecule is CN(C)C(=O)CCCS(=O)(=O)CCCN. The smallest absolute Gasteiger partial charge is 0.222 e. The molecule has 0 rings (SSSR count). The summed E-state index contributed by atoms with van der Waals surface area (Å²) in [6.07, 6.45) is 1.17. The van der Waals surface area contributed by atoms with Crippen LogP contribution in [-0.2, 0) is 14.6 Å². The van der Waals surface area contributed by atoms with Crippen molar-refractivity contribution in [1.29, 1.82) is 0 Å². The Labute approximate surface area is 91.5 Å². The Hall–Kier alpha value is -0.620. The van der Waals surface area contributed by atoms with Crippen molar-refractivity contribution in [3.63, 3.8) is 0 Å². The second-order valence-electron chi connectivity index (χ2n) is 3.69. The first kappa shape index (κ1) is 14.4. The lowest BCUT2D eigenvalue weighted by atomic mass is 10.3. The zero-order chi connectivity index (χ0) is 11.9. The fourth-order valence-corrected chi connectivity index (χ4v) is 2.47. The van der Waals surface area contributed by atoms with Crippen LogP contribution in [0.2, 0.25) is 0 Å². The Kier molecular flexibility index (Phi) is 6.51. The van der Waals surface area contributed by atoms with Crippen LogP contribution in [0.25, 0.3) is 0 Å². The molecule has 0 saturated carbocycles. The minimum Gasteiger partial charge on any atom is -0.349 e. The lowest BCUT2D eigenvalue weighted by Crippen LogP contribution is -2.22. The van der Waals surface area contributed by atoms with E-state index < -0.39 is 9.84 Å². The van der Waals surface area contributed by atoms with Gasteiger partial charge in [0, 0.05) is 20.5 Å². The van der Waals surface area contributed by atoms with E-state index in [0.717, 1.165) is 0 Å². The van der Waals surface area contributed by atoms with Crippen molar-refractivity contribution in [1.82, 2.24) is 4.90 Å². The van der Waals surface area contributed by atoms with Crippen LogP contribution in [0, 0.1) is 0 Å². The van der Waals surface area contributed by atoms with Gasteiger partial charge in [-0.15, -0.1) is 0 Å². The molecule has 0 aliphatic carbocycles. The van der Waals surface area contributed by atoms with E-state index in [-0.39, 0.29) is 23.8 Å². The quantitative estimate of drug-likeness (QED) is 0.653. The third kappa shape index (κ3) is 7.33. The van der Waals surface area contributed by atoms with Crippen molar-refractivity contribution in [2.45, 2.75) is 19.3 Å². The molecule has 0 atom stereocenters. The van der Waals surface area contributed by atoms with Gasteiger partial charge in [-0.25, -0.2) is 8.42 Å². The molecular formula is C9H20N2O3S. The highest BCUT2D eigenvalue weighted by molar-refractivity contribution is 7.91. The average molecular weight is 236 g/mol. The number of rotatable bonds is 7. The van der Waals surface area contributed by atoms with E-state index in [9.17, 15) is 13.2 Å². The number of amides is 1. The first-order chi connectivity index (χ1) is 6.89. The van der Waals surface area contributed by atoms with Gasteiger partial charge in [-0.3, -0.25) is 4.79 Å². The first-order valence-electron chi connectivity index (χ1n) is 4.99. The molecule has 0 aromatic rings. The van der Waals surface area contributed by atoms with Crippen molar-refractivity contribution in [2.24, 2.45) is 5.73 Å². The summed E-state index contributed by atoms with van der Waals surface area (Å²) < 4.78 is 22.7. The minimum absolute atomic E-state index is 0.0379. The summed E-state index contributed by atoms with van der Waals surface area (Å²) in [5.74, 6) is 0.163. The van der Waals surface area contributed by atoms with Crippen molar-refractivity contribution >= 4 is 15.7 Å². The second-order valence-corrected chi connectivity index (χ2v) is 5.99. The molecule has 0 spiro atoms. The summed E-state index contributed by atoms with van der Waals surface area (Å²) in [6.45, 7) is 0.385. The van der Waals surface area contributed by atoms with Gasteiger partial charge in [-0.1, -0.05) is 0 Å². The molecule has 0 saturated heterocycles. The van der Waals surface area contributed by atoms with Crippen LogP contribution in [0.4, 0.5) is 0 Å². The molecule has 0 aliphatic heterocycles. The van der Waals surface area contributed by atoms with Crippen molar-refractivity contribution < 1.29 is 13.2 Å². The molecule has 6 heteroatoms. The van der Waals surface area contributed by atoms with Crippen molar-refractivity contribution in [3.8, 4) is 0 Å². The summed E-state index contributed by atoms with van der Waals surface area (Å²) in [5.41, 5.74) is 5.23. The maximum absolute atomic E-state index is 11.4. The van der Waals surface area contributed by atoms with E-state index >= 15 is 0 Å². The number of sulfone groups is 1. The summed E-state index contributed by atoms with van der Waals surface area (Å²) in [6, 6.07) is 0. The van der Waals surface area contributed by atoms with Crippen LogP contribution >= 0.6 is 0 Å². The molecule has 0 heterocycles. The fraction of sp³-hybridized carbons (Fsp3) is 0.889. The normalized spacial score (nSPS) is 11.4. The zero-order valence-electron chi connectivity index (χ0n) is 9.40. The topological polar surface area (TPSA) is 80.5 Å². The Morgan fingerprint density at radius 3 is 2.20 bits per heavy atom. The number of hydrogen-bond acceptors (Lipinski definition) is 4. The third-order valence-electron chi connectivity index (χ3n) is 2.00. The van der Waals surface area contributed by atoms with Gasteiger partial charge >= 0.3 is 0 Å². The molecule has 0 radical (unpaired) electrons. The van der Waals surface area contributed by atoms with E-state index in [1.165, 1.54) is 4.90 Å². The molecule has 15 heavy (non-hydrogen) atoms. The highest BCUT2D eigenvalue weighted by atomic mass is 32.2. The molecule has 0 aliphatic rings. The molecule has 0 unspecified atom stereocenters. The molecule has 90 valence electrons. The molecule has 1 amide bonds. The van der Waals surface area contributed by atoms with Gasteiger partial charge < -0.3 is 10.6 Å². The predicted molar refractivity (Wildman–Crippen MR) is 60.3 cm³/mol. The highest BCUT2D eigenvalue weighted by Gasteiger charge is 2.11. The van der Waals surface area contributed by atoms with Crippen LogP contribution in [0.1, 0.15) is 19.3 Å². The molecular weight excluding hydrogens is 216 g/mol. The molecule has 0 fully saturated rings. The zero-order valence-corrected chi connectivity index (χ0v) is 10.2. The van der Waals surface area contributed by atoms with E-state index in [1.54, 1.807) is 14.1 Å². The average Bonchev–Trinajstić information content (AvgIpc) is 2.14. The Morgan fingerprint density at radius 1 is 1.20 bits per heavy atom. The van der Waals surface area contributed by atoms with Crippen LogP contribution in [0.3, 0.4) is 0 Å². The van der Waals surface area contributed by atoms with Gasteiger partial charge in [-0.05, 0) is 19.4 Å². The molecule has 0 aromatic carbocycles. The highest BCUT2D eigenvalue weighted by Crippen LogP contribution is 2.00. The molecule has 5 nitrogen and oxygen atoms in total. The van der Waals surface area contributed by atoms with Gasteiger partial charge in [0.2, 0.25) is 5.91 Å². The molecule has 0 bridgehead atoms. The third-order valence-corrected chi connectivity index (χ3v) is 3.83. The first-order valence-corrected chi connectivity index (χ1v) is 6.82. The number of hydrogen-bond donors (Lipinski definition) is 1. The maximum Gasteiger partial charge on any atom is 0.222 e.